The zero-order valence-electron chi connectivity index (χ0n) is 12.2. The molecule has 0 saturated carbocycles. The van der Waals surface area contributed by atoms with E-state index >= 15 is 0 Å². The van der Waals surface area contributed by atoms with Crippen molar-refractivity contribution in [1.82, 2.24) is 5.32 Å². The van der Waals surface area contributed by atoms with Gasteiger partial charge in [0.25, 0.3) is 0 Å². The molecule has 0 fully saturated rings. The Hall–Kier alpha value is -0.240. The van der Waals surface area contributed by atoms with Gasteiger partial charge in [-0.15, -0.1) is 0 Å². The molecule has 0 heterocycles. The van der Waals surface area contributed by atoms with Gasteiger partial charge in [0.15, 0.2) is 0 Å². The Morgan fingerprint density at radius 2 is 1.95 bits per heavy atom. The number of nitrogens with one attached hydrogen (secondary N) is 1. The number of hydrogen-bond acceptors (Lipinski definition) is 1. The fraction of sp³-hybridized carbons (Fsp3) is 0.625. The fourth-order valence-corrected chi connectivity index (χ4v) is 2.79. The first-order valence-corrected chi connectivity index (χ1v) is 7.93. The first-order valence-electron chi connectivity index (χ1n) is 7.17. The van der Waals surface area contributed by atoms with Crippen molar-refractivity contribution in [2.75, 3.05) is 13.1 Å². The minimum Gasteiger partial charge on any atom is -0.316 e. The van der Waals surface area contributed by atoms with Crippen molar-refractivity contribution in [3.05, 3.63) is 33.8 Å². The number of hydrogen-bond donors (Lipinski definition) is 1. The van der Waals surface area contributed by atoms with E-state index in [0.29, 0.717) is 11.8 Å². The summed E-state index contributed by atoms with van der Waals surface area (Å²) >= 11 is 12.3. The second kappa shape index (κ2) is 8.84. The third kappa shape index (κ3) is 6.65. The predicted molar refractivity (Wildman–Crippen MR) is 86.3 cm³/mol. The van der Waals surface area contributed by atoms with Gasteiger partial charge in [-0.3, -0.25) is 0 Å². The summed E-state index contributed by atoms with van der Waals surface area (Å²) in [4.78, 5) is 0. The highest BCUT2D eigenvalue weighted by Crippen LogP contribution is 2.25. The summed E-state index contributed by atoms with van der Waals surface area (Å²) in [5.74, 6) is 1.31. The van der Waals surface area contributed by atoms with Crippen molar-refractivity contribution >= 4 is 23.2 Å². The van der Waals surface area contributed by atoms with Gasteiger partial charge in [-0.2, -0.15) is 0 Å². The summed E-state index contributed by atoms with van der Waals surface area (Å²) in [6.07, 6.45) is 3.38. The molecule has 1 unspecified atom stereocenters. The maximum Gasteiger partial charge on any atom is 0.0439 e. The van der Waals surface area contributed by atoms with Crippen LogP contribution < -0.4 is 5.32 Å². The Bertz CT molecular complexity index is 377. The minimum atomic E-state index is 0.613. The van der Waals surface area contributed by atoms with Crippen LogP contribution in [0.15, 0.2) is 18.2 Å². The largest absolute Gasteiger partial charge is 0.316 e. The van der Waals surface area contributed by atoms with E-state index in [-0.39, 0.29) is 0 Å². The van der Waals surface area contributed by atoms with Gasteiger partial charge in [-0.1, -0.05) is 44.0 Å². The Kier molecular flexibility index (Phi) is 7.82. The van der Waals surface area contributed by atoms with Crippen molar-refractivity contribution in [2.24, 2.45) is 11.8 Å². The van der Waals surface area contributed by atoms with Gasteiger partial charge in [0.1, 0.15) is 0 Å². The molecule has 108 valence electrons. The molecule has 0 bridgehead atoms. The molecule has 1 rings (SSSR count). The summed E-state index contributed by atoms with van der Waals surface area (Å²) in [6.45, 7) is 8.86. The van der Waals surface area contributed by atoms with E-state index in [2.05, 4.69) is 26.1 Å². The molecule has 1 atom stereocenters. The Balaban J connectivity index is 2.66. The average Bonchev–Trinajstić information content (AvgIpc) is 2.33. The molecular weight excluding hydrogens is 277 g/mol. The molecule has 0 aliphatic heterocycles. The predicted octanol–water partition coefficient (Wildman–Crippen LogP) is 5.20. The SMILES string of the molecule is CCCNCC(Cc1cc(Cl)ccc1Cl)CC(C)C. The molecule has 0 saturated heterocycles. The summed E-state index contributed by atoms with van der Waals surface area (Å²) < 4.78 is 0. The van der Waals surface area contributed by atoms with Gasteiger partial charge in [0.2, 0.25) is 0 Å². The van der Waals surface area contributed by atoms with Gasteiger partial charge < -0.3 is 5.32 Å². The molecule has 1 nitrogen and oxygen atoms in total. The lowest BCUT2D eigenvalue weighted by Crippen LogP contribution is -2.26. The van der Waals surface area contributed by atoms with Crippen LogP contribution in [0.25, 0.3) is 0 Å². The van der Waals surface area contributed by atoms with E-state index < -0.39 is 0 Å². The lowest BCUT2D eigenvalue weighted by Gasteiger charge is -2.20. The molecule has 19 heavy (non-hydrogen) atoms. The monoisotopic (exact) mass is 301 g/mol. The number of halogens is 2. The average molecular weight is 302 g/mol. The molecule has 0 aromatic heterocycles. The molecule has 0 amide bonds. The number of rotatable bonds is 8. The fourth-order valence-electron chi connectivity index (χ4n) is 2.40. The lowest BCUT2D eigenvalue weighted by molar-refractivity contribution is 0.385. The van der Waals surface area contributed by atoms with Gasteiger partial charge in [0, 0.05) is 10.0 Å². The third-order valence-corrected chi connectivity index (χ3v) is 3.78. The number of benzene rings is 1. The van der Waals surface area contributed by atoms with E-state index in [1.165, 1.54) is 12.8 Å². The first kappa shape index (κ1) is 16.8. The van der Waals surface area contributed by atoms with Crippen molar-refractivity contribution < 1.29 is 0 Å². The van der Waals surface area contributed by atoms with E-state index in [4.69, 9.17) is 23.2 Å². The second-order valence-electron chi connectivity index (χ2n) is 5.64. The molecule has 1 aromatic carbocycles. The van der Waals surface area contributed by atoms with Crippen LogP contribution in [-0.4, -0.2) is 13.1 Å². The van der Waals surface area contributed by atoms with E-state index in [1.807, 2.05) is 18.2 Å². The molecular formula is C16H25Cl2N. The van der Waals surface area contributed by atoms with Crippen LogP contribution in [0, 0.1) is 11.8 Å². The van der Waals surface area contributed by atoms with E-state index in [9.17, 15) is 0 Å². The minimum absolute atomic E-state index is 0.613. The van der Waals surface area contributed by atoms with Crippen LogP contribution in [0.5, 0.6) is 0 Å². The van der Waals surface area contributed by atoms with Crippen molar-refractivity contribution in [3.63, 3.8) is 0 Å². The third-order valence-electron chi connectivity index (χ3n) is 3.18. The zero-order chi connectivity index (χ0) is 14.3. The quantitative estimate of drug-likeness (QED) is 0.651. The molecule has 0 radical (unpaired) electrons. The highest BCUT2D eigenvalue weighted by atomic mass is 35.5. The normalized spacial score (nSPS) is 12.9. The Morgan fingerprint density at radius 3 is 2.58 bits per heavy atom. The van der Waals surface area contributed by atoms with Crippen molar-refractivity contribution in [3.8, 4) is 0 Å². The molecule has 1 aromatic rings. The van der Waals surface area contributed by atoms with Gasteiger partial charge in [-0.25, -0.2) is 0 Å². The second-order valence-corrected chi connectivity index (χ2v) is 6.48. The summed E-state index contributed by atoms with van der Waals surface area (Å²) in [7, 11) is 0. The van der Waals surface area contributed by atoms with Crippen LogP contribution in [0.3, 0.4) is 0 Å². The summed E-state index contributed by atoms with van der Waals surface area (Å²) in [5.41, 5.74) is 1.16. The standard InChI is InChI=1S/C16H25Cl2N/c1-4-7-19-11-13(8-12(2)3)9-14-10-15(17)5-6-16(14)18/h5-6,10,12-13,19H,4,7-9,11H2,1-3H3. The van der Waals surface area contributed by atoms with Crippen LogP contribution in [-0.2, 0) is 6.42 Å². The Labute approximate surface area is 127 Å². The zero-order valence-corrected chi connectivity index (χ0v) is 13.7. The van der Waals surface area contributed by atoms with Crippen molar-refractivity contribution in [2.45, 2.75) is 40.0 Å². The van der Waals surface area contributed by atoms with Gasteiger partial charge in [-0.05, 0) is 68.0 Å². The summed E-state index contributed by atoms with van der Waals surface area (Å²) in [5, 5.41) is 5.11. The highest BCUT2D eigenvalue weighted by molar-refractivity contribution is 6.33. The van der Waals surface area contributed by atoms with Crippen LogP contribution >= 0.6 is 23.2 Å². The summed E-state index contributed by atoms with van der Waals surface area (Å²) in [6, 6.07) is 5.74. The van der Waals surface area contributed by atoms with Crippen LogP contribution in [0.4, 0.5) is 0 Å². The Morgan fingerprint density at radius 1 is 1.21 bits per heavy atom. The van der Waals surface area contributed by atoms with E-state index in [0.717, 1.165) is 35.1 Å². The topological polar surface area (TPSA) is 12.0 Å². The van der Waals surface area contributed by atoms with Crippen LogP contribution in [0.1, 0.15) is 39.2 Å². The van der Waals surface area contributed by atoms with Gasteiger partial charge in [0.05, 0.1) is 0 Å². The molecule has 0 aliphatic rings. The molecule has 3 heteroatoms. The molecule has 0 aliphatic carbocycles. The lowest BCUT2D eigenvalue weighted by atomic mass is 9.91. The van der Waals surface area contributed by atoms with Gasteiger partial charge >= 0.3 is 0 Å². The maximum atomic E-state index is 6.26. The molecule has 1 N–H and O–H groups in total. The van der Waals surface area contributed by atoms with Crippen molar-refractivity contribution in [1.29, 1.82) is 0 Å². The maximum absolute atomic E-state index is 6.26. The van der Waals surface area contributed by atoms with Crippen LogP contribution in [0.2, 0.25) is 10.0 Å². The first-order chi connectivity index (χ1) is 9.02. The smallest absolute Gasteiger partial charge is 0.0439 e. The highest BCUT2D eigenvalue weighted by Gasteiger charge is 2.13. The molecule has 0 spiro atoms. The van der Waals surface area contributed by atoms with E-state index in [1.54, 1.807) is 0 Å².